The van der Waals surface area contributed by atoms with E-state index in [2.05, 4.69) is 6.58 Å². The second kappa shape index (κ2) is 2.60. The summed E-state index contributed by atoms with van der Waals surface area (Å²) in [6, 6.07) is 0. The summed E-state index contributed by atoms with van der Waals surface area (Å²) in [5.41, 5.74) is -1.71. The van der Waals surface area contributed by atoms with Gasteiger partial charge in [-0.25, -0.2) is 4.79 Å². The number of carboxylic acids is 1. The molecule has 0 rings (SSSR count). The lowest BCUT2D eigenvalue weighted by Gasteiger charge is -2.26. The maximum absolute atomic E-state index is 12.7. The summed E-state index contributed by atoms with van der Waals surface area (Å²) in [6.07, 6.45) is 0.932. The van der Waals surface area contributed by atoms with Crippen LogP contribution < -0.4 is 0 Å². The predicted molar refractivity (Wildman–Crippen MR) is 36.6 cm³/mol. The molecule has 0 saturated carbocycles. The Bertz CT molecular complexity index is 185. The molecule has 64 valence electrons. The molecule has 0 aliphatic rings. The molecule has 0 spiro atoms. The minimum atomic E-state index is -3.76. The van der Waals surface area contributed by atoms with E-state index in [-0.39, 0.29) is 0 Å². The van der Waals surface area contributed by atoms with Gasteiger partial charge in [0.1, 0.15) is 0 Å². The zero-order valence-corrected chi connectivity index (χ0v) is 6.40. The largest absolute Gasteiger partial charge is 0.477 e. The lowest BCUT2D eigenvalue weighted by molar-refractivity contribution is -0.178. The molecule has 0 amide bonds. The maximum atomic E-state index is 12.7. The number of carboxylic acid groups (broad SMARTS) is 1. The molecule has 0 aromatic heterocycles. The topological polar surface area (TPSA) is 37.3 Å². The third-order valence-electron chi connectivity index (χ3n) is 1.59. The van der Waals surface area contributed by atoms with Gasteiger partial charge in [-0.1, -0.05) is 6.08 Å². The third kappa shape index (κ3) is 1.56. The van der Waals surface area contributed by atoms with Gasteiger partial charge in [0.2, 0.25) is 0 Å². The Labute approximate surface area is 63.5 Å². The molecular formula is C7H10F2O2. The second-order valence-electron chi connectivity index (χ2n) is 2.81. The summed E-state index contributed by atoms with van der Waals surface area (Å²) in [5, 5.41) is 8.11. The Kier molecular flexibility index (Phi) is 2.38. The van der Waals surface area contributed by atoms with E-state index in [4.69, 9.17) is 5.11 Å². The maximum Gasteiger partial charge on any atom is 0.375 e. The van der Waals surface area contributed by atoms with E-state index < -0.39 is 17.3 Å². The van der Waals surface area contributed by atoms with Crippen molar-refractivity contribution in [3.8, 4) is 0 Å². The molecule has 0 atom stereocenters. The van der Waals surface area contributed by atoms with Crippen LogP contribution in [-0.2, 0) is 4.79 Å². The monoisotopic (exact) mass is 164 g/mol. The van der Waals surface area contributed by atoms with Crippen LogP contribution in [0.1, 0.15) is 13.8 Å². The van der Waals surface area contributed by atoms with Crippen LogP contribution in [0.3, 0.4) is 0 Å². The van der Waals surface area contributed by atoms with Gasteiger partial charge in [0.05, 0.1) is 5.41 Å². The molecule has 0 heterocycles. The van der Waals surface area contributed by atoms with Gasteiger partial charge in [-0.2, -0.15) is 8.78 Å². The molecular weight excluding hydrogens is 154 g/mol. The van der Waals surface area contributed by atoms with Crippen LogP contribution in [0.4, 0.5) is 8.78 Å². The fourth-order valence-corrected chi connectivity index (χ4v) is 0.404. The number of alkyl halides is 2. The van der Waals surface area contributed by atoms with Gasteiger partial charge in [-0.05, 0) is 13.8 Å². The smallest absolute Gasteiger partial charge is 0.375 e. The first-order chi connectivity index (χ1) is 4.75. The molecule has 0 aromatic rings. The van der Waals surface area contributed by atoms with E-state index in [1.807, 2.05) is 0 Å². The van der Waals surface area contributed by atoms with Gasteiger partial charge < -0.3 is 5.11 Å². The number of rotatable bonds is 3. The van der Waals surface area contributed by atoms with Crippen molar-refractivity contribution in [2.75, 3.05) is 0 Å². The fourth-order valence-electron chi connectivity index (χ4n) is 0.404. The second-order valence-corrected chi connectivity index (χ2v) is 2.81. The number of hydrogen-bond donors (Lipinski definition) is 1. The number of allylic oxidation sites excluding steroid dienone is 1. The average molecular weight is 164 g/mol. The van der Waals surface area contributed by atoms with Crippen molar-refractivity contribution < 1.29 is 18.7 Å². The van der Waals surface area contributed by atoms with Crippen molar-refractivity contribution in [1.29, 1.82) is 0 Å². The van der Waals surface area contributed by atoms with Gasteiger partial charge >= 0.3 is 11.9 Å². The van der Waals surface area contributed by atoms with Crippen molar-refractivity contribution in [3.63, 3.8) is 0 Å². The molecule has 0 aromatic carbocycles. The lowest BCUT2D eigenvalue weighted by atomic mass is 9.86. The average Bonchev–Trinajstić information content (AvgIpc) is 1.87. The number of halogens is 2. The Morgan fingerprint density at radius 2 is 1.91 bits per heavy atom. The van der Waals surface area contributed by atoms with Crippen molar-refractivity contribution >= 4 is 5.97 Å². The molecule has 0 aliphatic carbocycles. The summed E-state index contributed by atoms with van der Waals surface area (Å²) >= 11 is 0. The normalized spacial score (nSPS) is 12.7. The van der Waals surface area contributed by atoms with E-state index in [0.29, 0.717) is 0 Å². The predicted octanol–water partition coefficient (Wildman–Crippen LogP) is 1.92. The summed E-state index contributed by atoms with van der Waals surface area (Å²) in [5.74, 6) is -5.88. The van der Waals surface area contributed by atoms with Crippen LogP contribution in [0.15, 0.2) is 12.7 Å². The van der Waals surface area contributed by atoms with Gasteiger partial charge in [0, 0.05) is 0 Å². The highest BCUT2D eigenvalue weighted by Gasteiger charge is 2.51. The van der Waals surface area contributed by atoms with E-state index in [1.165, 1.54) is 0 Å². The van der Waals surface area contributed by atoms with E-state index in [1.54, 1.807) is 0 Å². The van der Waals surface area contributed by atoms with Crippen LogP contribution in [0, 0.1) is 5.41 Å². The third-order valence-corrected chi connectivity index (χ3v) is 1.59. The van der Waals surface area contributed by atoms with E-state index in [0.717, 1.165) is 19.9 Å². The molecule has 0 fully saturated rings. The van der Waals surface area contributed by atoms with Gasteiger partial charge in [0.15, 0.2) is 0 Å². The molecule has 11 heavy (non-hydrogen) atoms. The molecule has 0 bridgehead atoms. The zero-order chi connectivity index (χ0) is 9.28. The van der Waals surface area contributed by atoms with Gasteiger partial charge in [0.25, 0.3) is 0 Å². The molecule has 0 unspecified atom stereocenters. The highest BCUT2D eigenvalue weighted by Crippen LogP contribution is 2.37. The van der Waals surface area contributed by atoms with E-state index >= 15 is 0 Å². The minimum absolute atomic E-state index is 0.932. The van der Waals surface area contributed by atoms with Crippen molar-refractivity contribution in [2.45, 2.75) is 19.8 Å². The van der Waals surface area contributed by atoms with Crippen LogP contribution in [0.5, 0.6) is 0 Å². The quantitative estimate of drug-likeness (QED) is 0.647. The molecule has 0 saturated heterocycles. The van der Waals surface area contributed by atoms with Crippen LogP contribution >= 0.6 is 0 Å². The van der Waals surface area contributed by atoms with Crippen molar-refractivity contribution in [3.05, 3.63) is 12.7 Å². The first-order valence-electron chi connectivity index (χ1n) is 3.00. The molecule has 0 radical (unpaired) electrons. The summed E-state index contributed by atoms with van der Waals surface area (Å²) < 4.78 is 25.3. The standard InChI is InChI=1S/C7H10F2O2/c1-4-6(2,3)7(8,9)5(10)11/h4H,1H2,2-3H3,(H,10,11). The Balaban J connectivity index is 4.81. The number of carbonyl (C=O) groups is 1. The molecule has 4 heteroatoms. The Morgan fingerprint density at radius 1 is 1.55 bits per heavy atom. The number of hydrogen-bond acceptors (Lipinski definition) is 1. The van der Waals surface area contributed by atoms with Crippen molar-refractivity contribution in [1.82, 2.24) is 0 Å². The van der Waals surface area contributed by atoms with E-state index in [9.17, 15) is 13.6 Å². The van der Waals surface area contributed by atoms with Gasteiger partial charge in [-0.15, -0.1) is 6.58 Å². The van der Waals surface area contributed by atoms with Crippen LogP contribution in [0.2, 0.25) is 0 Å². The molecule has 2 nitrogen and oxygen atoms in total. The lowest BCUT2D eigenvalue weighted by Crippen LogP contribution is -2.42. The number of aliphatic carboxylic acids is 1. The Hall–Kier alpha value is -0.930. The molecule has 0 aliphatic heterocycles. The highest BCUT2D eigenvalue weighted by atomic mass is 19.3. The Morgan fingerprint density at radius 3 is 2.00 bits per heavy atom. The van der Waals surface area contributed by atoms with Crippen LogP contribution in [0.25, 0.3) is 0 Å². The SMILES string of the molecule is C=CC(C)(C)C(F)(F)C(=O)O. The van der Waals surface area contributed by atoms with Gasteiger partial charge in [-0.3, -0.25) is 0 Å². The summed E-state index contributed by atoms with van der Waals surface area (Å²) in [7, 11) is 0. The van der Waals surface area contributed by atoms with Crippen LogP contribution in [-0.4, -0.2) is 17.0 Å². The summed E-state index contributed by atoms with van der Waals surface area (Å²) in [6.45, 7) is 5.38. The highest BCUT2D eigenvalue weighted by molar-refractivity contribution is 5.76. The first kappa shape index (κ1) is 10.1. The minimum Gasteiger partial charge on any atom is -0.477 e. The van der Waals surface area contributed by atoms with Crippen molar-refractivity contribution in [2.24, 2.45) is 5.41 Å². The fraction of sp³-hybridized carbons (Fsp3) is 0.571. The summed E-state index contributed by atoms with van der Waals surface area (Å²) in [4.78, 5) is 10.0. The first-order valence-corrected chi connectivity index (χ1v) is 3.00. The zero-order valence-electron chi connectivity index (χ0n) is 6.40. The molecule has 1 N–H and O–H groups in total.